The van der Waals surface area contributed by atoms with Gasteiger partial charge in [-0.05, 0) is 35.7 Å². The van der Waals surface area contributed by atoms with Crippen molar-refractivity contribution in [3.8, 4) is 0 Å². The van der Waals surface area contributed by atoms with Gasteiger partial charge in [0.1, 0.15) is 0 Å². The van der Waals surface area contributed by atoms with Gasteiger partial charge in [0.05, 0.1) is 5.71 Å². The van der Waals surface area contributed by atoms with Gasteiger partial charge in [0.15, 0.2) is 0 Å². The molecule has 4 rings (SSSR count). The highest BCUT2D eigenvalue weighted by Gasteiger charge is 2.29. The van der Waals surface area contributed by atoms with Crippen LogP contribution in [0.4, 0.5) is 11.4 Å². The number of carbonyl (C=O) groups is 2. The number of fused-ring (bicyclic) bond motifs is 1. The molecule has 132 valence electrons. The molecule has 0 spiro atoms. The first kappa shape index (κ1) is 16.3. The molecule has 0 fully saturated rings. The van der Waals surface area contributed by atoms with Crippen molar-refractivity contribution < 1.29 is 14.4 Å². The van der Waals surface area contributed by atoms with Crippen molar-refractivity contribution in [2.75, 3.05) is 16.8 Å². The molecule has 2 heterocycles. The summed E-state index contributed by atoms with van der Waals surface area (Å²) in [5, 5.41) is 6.94. The molecule has 2 aromatic rings. The second-order valence-corrected chi connectivity index (χ2v) is 6.46. The smallest absolute Gasteiger partial charge is 0.268 e. The topological polar surface area (TPSA) is 71.0 Å². The standard InChI is InChI=1S/C20H19N3O3/c1-13(24)23-10-9-15-11-16(7-8-18(15)23)21-20(25)19-12-17(22-26-19)14-5-3-2-4-6-14/h2-8,11,19H,9-10,12H2,1H3,(H,21,25)/t19-/m1/s1. The first-order valence-electron chi connectivity index (χ1n) is 8.62. The SMILES string of the molecule is CC(=O)N1CCc2cc(NC(=O)[C@H]3CC(c4ccccc4)=NO3)ccc21. The normalized spacial score (nSPS) is 18.1. The van der Waals surface area contributed by atoms with E-state index in [2.05, 4.69) is 10.5 Å². The number of rotatable bonds is 3. The third kappa shape index (κ3) is 3.06. The lowest BCUT2D eigenvalue weighted by Crippen LogP contribution is -2.28. The van der Waals surface area contributed by atoms with E-state index in [4.69, 9.17) is 4.84 Å². The number of oxime groups is 1. The van der Waals surface area contributed by atoms with E-state index in [1.165, 1.54) is 0 Å². The Morgan fingerprint density at radius 1 is 1.19 bits per heavy atom. The molecule has 0 unspecified atom stereocenters. The quantitative estimate of drug-likeness (QED) is 0.926. The first-order chi connectivity index (χ1) is 12.6. The molecule has 6 nitrogen and oxygen atoms in total. The van der Waals surface area contributed by atoms with Gasteiger partial charge >= 0.3 is 0 Å². The van der Waals surface area contributed by atoms with Gasteiger partial charge in [-0.1, -0.05) is 35.5 Å². The molecule has 1 atom stereocenters. The third-order valence-electron chi connectivity index (χ3n) is 4.69. The second-order valence-electron chi connectivity index (χ2n) is 6.46. The summed E-state index contributed by atoms with van der Waals surface area (Å²) in [6.07, 6.45) is 0.603. The Hall–Kier alpha value is -3.15. The van der Waals surface area contributed by atoms with Crippen molar-refractivity contribution in [2.45, 2.75) is 25.9 Å². The Balaban J connectivity index is 1.41. The number of amides is 2. The molecule has 0 saturated carbocycles. The molecule has 0 saturated heterocycles. The number of benzene rings is 2. The minimum atomic E-state index is -0.632. The molecule has 0 aliphatic carbocycles. The van der Waals surface area contributed by atoms with E-state index in [9.17, 15) is 9.59 Å². The fourth-order valence-electron chi connectivity index (χ4n) is 3.35. The maximum atomic E-state index is 12.5. The van der Waals surface area contributed by atoms with Gasteiger partial charge in [-0.3, -0.25) is 9.59 Å². The van der Waals surface area contributed by atoms with Crippen LogP contribution in [0.3, 0.4) is 0 Å². The summed E-state index contributed by atoms with van der Waals surface area (Å²) in [6.45, 7) is 2.24. The van der Waals surface area contributed by atoms with E-state index < -0.39 is 6.10 Å². The van der Waals surface area contributed by atoms with Gasteiger partial charge in [-0.15, -0.1) is 0 Å². The van der Waals surface area contributed by atoms with Crippen LogP contribution in [0.5, 0.6) is 0 Å². The lowest BCUT2D eigenvalue weighted by molar-refractivity contribution is -0.125. The number of nitrogens with zero attached hydrogens (tertiary/aromatic N) is 2. The summed E-state index contributed by atoms with van der Waals surface area (Å²) >= 11 is 0. The molecule has 2 amide bonds. The van der Waals surface area contributed by atoms with Crippen LogP contribution in [0.1, 0.15) is 24.5 Å². The van der Waals surface area contributed by atoms with Crippen LogP contribution < -0.4 is 10.2 Å². The highest BCUT2D eigenvalue weighted by atomic mass is 16.6. The van der Waals surface area contributed by atoms with Crippen molar-refractivity contribution >= 4 is 28.9 Å². The zero-order valence-electron chi connectivity index (χ0n) is 14.4. The van der Waals surface area contributed by atoms with Gasteiger partial charge in [0.25, 0.3) is 5.91 Å². The van der Waals surface area contributed by atoms with Gasteiger partial charge in [0, 0.05) is 31.3 Å². The van der Waals surface area contributed by atoms with E-state index in [1.807, 2.05) is 48.5 Å². The maximum absolute atomic E-state index is 12.5. The summed E-state index contributed by atoms with van der Waals surface area (Å²) in [4.78, 5) is 31.2. The number of hydrogen-bond acceptors (Lipinski definition) is 4. The lowest BCUT2D eigenvalue weighted by atomic mass is 10.0. The van der Waals surface area contributed by atoms with Crippen LogP contribution in [0.15, 0.2) is 53.7 Å². The Labute approximate surface area is 151 Å². The minimum Gasteiger partial charge on any atom is -0.382 e. The van der Waals surface area contributed by atoms with Crippen molar-refractivity contribution in [1.82, 2.24) is 0 Å². The van der Waals surface area contributed by atoms with Gasteiger partial charge in [0.2, 0.25) is 12.0 Å². The molecule has 2 aliphatic heterocycles. The second kappa shape index (κ2) is 6.63. The molecule has 0 bridgehead atoms. The highest BCUT2D eigenvalue weighted by molar-refractivity contribution is 6.06. The van der Waals surface area contributed by atoms with Crippen molar-refractivity contribution in [3.63, 3.8) is 0 Å². The van der Waals surface area contributed by atoms with Gasteiger partial charge in [-0.25, -0.2) is 0 Å². The summed E-state index contributed by atoms with van der Waals surface area (Å²) in [5.74, 6) is -0.188. The number of carbonyl (C=O) groups excluding carboxylic acids is 2. The minimum absolute atomic E-state index is 0.0329. The van der Waals surface area contributed by atoms with Crippen LogP contribution in [0, 0.1) is 0 Å². The Kier molecular flexibility index (Phi) is 4.16. The number of anilines is 2. The average molecular weight is 349 g/mol. The summed E-state index contributed by atoms with van der Waals surface area (Å²) in [7, 11) is 0. The molecule has 2 aromatic carbocycles. The molecular weight excluding hydrogens is 330 g/mol. The van der Waals surface area contributed by atoms with Crippen LogP contribution in [0.2, 0.25) is 0 Å². The summed E-state index contributed by atoms with van der Waals surface area (Å²) in [5.41, 5.74) is 4.42. The van der Waals surface area contributed by atoms with Gasteiger partial charge in [-0.2, -0.15) is 0 Å². The van der Waals surface area contributed by atoms with E-state index >= 15 is 0 Å². The summed E-state index contributed by atoms with van der Waals surface area (Å²) in [6, 6.07) is 15.3. The predicted molar refractivity (Wildman–Crippen MR) is 99.3 cm³/mol. The van der Waals surface area contributed by atoms with Crippen LogP contribution in [0.25, 0.3) is 0 Å². The fourth-order valence-corrected chi connectivity index (χ4v) is 3.35. The maximum Gasteiger partial charge on any atom is 0.268 e. The van der Waals surface area contributed by atoms with Crippen LogP contribution >= 0.6 is 0 Å². The lowest BCUT2D eigenvalue weighted by Gasteiger charge is -2.15. The fraction of sp³-hybridized carbons (Fsp3) is 0.250. The molecule has 26 heavy (non-hydrogen) atoms. The molecule has 0 aromatic heterocycles. The Bertz CT molecular complexity index is 892. The van der Waals surface area contributed by atoms with Crippen molar-refractivity contribution in [1.29, 1.82) is 0 Å². The molecule has 2 aliphatic rings. The highest BCUT2D eigenvalue weighted by Crippen LogP contribution is 2.30. The zero-order valence-corrected chi connectivity index (χ0v) is 14.4. The van der Waals surface area contributed by atoms with Crippen LogP contribution in [-0.2, 0) is 20.8 Å². The Morgan fingerprint density at radius 2 is 2.00 bits per heavy atom. The molecular formula is C20H19N3O3. The Morgan fingerprint density at radius 3 is 2.77 bits per heavy atom. The number of nitrogens with one attached hydrogen (secondary N) is 1. The first-order valence-corrected chi connectivity index (χ1v) is 8.62. The monoisotopic (exact) mass is 349 g/mol. The number of hydrogen-bond donors (Lipinski definition) is 1. The molecule has 1 N–H and O–H groups in total. The van der Waals surface area contributed by atoms with E-state index in [0.29, 0.717) is 18.7 Å². The van der Waals surface area contributed by atoms with Gasteiger partial charge < -0.3 is 15.1 Å². The van der Waals surface area contributed by atoms with Crippen LogP contribution in [-0.4, -0.2) is 30.2 Å². The average Bonchev–Trinajstić information content (AvgIpc) is 3.29. The molecule has 6 heteroatoms. The van der Waals surface area contributed by atoms with Crippen molar-refractivity contribution in [3.05, 3.63) is 59.7 Å². The third-order valence-corrected chi connectivity index (χ3v) is 4.69. The van der Waals surface area contributed by atoms with E-state index in [-0.39, 0.29) is 11.8 Å². The van der Waals surface area contributed by atoms with E-state index in [1.54, 1.807) is 11.8 Å². The largest absolute Gasteiger partial charge is 0.382 e. The summed E-state index contributed by atoms with van der Waals surface area (Å²) < 4.78 is 0. The van der Waals surface area contributed by atoms with Crippen molar-refractivity contribution in [2.24, 2.45) is 5.16 Å². The molecule has 0 radical (unpaired) electrons. The zero-order chi connectivity index (χ0) is 18.1. The predicted octanol–water partition coefficient (Wildman–Crippen LogP) is 2.73. The van der Waals surface area contributed by atoms with E-state index in [0.717, 1.165) is 28.9 Å².